The quantitative estimate of drug-likeness (QED) is 0.451. The van der Waals surface area contributed by atoms with Crippen molar-refractivity contribution in [3.05, 3.63) is 79.9 Å². The van der Waals surface area contributed by atoms with Crippen LogP contribution in [0.4, 0.5) is 0 Å². The molecular formula is C23H17NO4S. The van der Waals surface area contributed by atoms with Crippen LogP contribution in [0.1, 0.15) is 41.3 Å². The second-order valence-electron chi connectivity index (χ2n) is 7.39. The molecule has 2 aliphatic heterocycles. The Hall–Kier alpha value is -3.05. The number of aliphatic hydroxyl groups is 1. The van der Waals surface area contributed by atoms with Gasteiger partial charge in [-0.3, -0.25) is 4.79 Å². The van der Waals surface area contributed by atoms with Crippen LogP contribution in [0.2, 0.25) is 0 Å². The summed E-state index contributed by atoms with van der Waals surface area (Å²) in [5.41, 5.74) is 6.47. The Balaban J connectivity index is 1.75. The number of rotatable bonds is 1. The highest BCUT2D eigenvalue weighted by Gasteiger charge is 2.45. The normalized spacial score (nSPS) is 21.7. The maximum atomic E-state index is 13.2. The lowest BCUT2D eigenvalue weighted by Gasteiger charge is -2.23. The summed E-state index contributed by atoms with van der Waals surface area (Å²) in [6.45, 7) is 1.87. The topological polar surface area (TPSA) is 68.5 Å². The van der Waals surface area contributed by atoms with Crippen molar-refractivity contribution in [3.8, 4) is 0 Å². The first kappa shape index (κ1) is 18.0. The molecule has 0 amide bonds. The number of carbonyl (C=O) groups is 1. The van der Waals surface area contributed by atoms with Crippen LogP contribution in [-0.2, 0) is 22.7 Å². The minimum Gasteiger partial charge on any atom is -0.458 e. The number of allylic oxidation sites excluding steroid dienone is 2. The molecule has 1 atom stereocenters. The number of carbonyl (C=O) groups excluding carboxylic acids is 1. The lowest BCUT2D eigenvalue weighted by Crippen LogP contribution is -2.45. The predicted octanol–water partition coefficient (Wildman–Crippen LogP) is 2.87. The fourth-order valence-corrected chi connectivity index (χ4v) is 4.49. The molecule has 144 valence electrons. The SMILES string of the molecule is CC[C@@]1(O)C(=O)OCc2c(cc3n(c2=O)CC2=Cc4ccccc4C=C=C23)C1=S. The lowest BCUT2D eigenvalue weighted by atomic mass is 9.90. The summed E-state index contributed by atoms with van der Waals surface area (Å²) in [6.07, 6.45) is 4.05. The van der Waals surface area contributed by atoms with Crippen molar-refractivity contribution in [2.75, 3.05) is 0 Å². The van der Waals surface area contributed by atoms with E-state index in [9.17, 15) is 14.7 Å². The van der Waals surface area contributed by atoms with Gasteiger partial charge in [-0.15, -0.1) is 5.73 Å². The van der Waals surface area contributed by atoms with E-state index >= 15 is 0 Å². The molecule has 3 heterocycles. The van der Waals surface area contributed by atoms with Crippen LogP contribution in [-0.4, -0.2) is 26.1 Å². The second-order valence-corrected chi connectivity index (χ2v) is 7.80. The van der Waals surface area contributed by atoms with Crippen LogP contribution in [0.25, 0.3) is 17.7 Å². The number of nitrogens with zero attached hydrogens (tertiary/aromatic N) is 1. The van der Waals surface area contributed by atoms with E-state index in [2.05, 4.69) is 11.8 Å². The number of cyclic esters (lactones) is 1. The number of thiocarbonyl (C=S) groups is 1. The summed E-state index contributed by atoms with van der Waals surface area (Å²) >= 11 is 5.47. The van der Waals surface area contributed by atoms with Crippen LogP contribution in [0, 0.1) is 0 Å². The Kier molecular flexibility index (Phi) is 3.87. The van der Waals surface area contributed by atoms with Gasteiger partial charge in [-0.2, -0.15) is 0 Å². The van der Waals surface area contributed by atoms with Gasteiger partial charge in [0.15, 0.2) is 5.60 Å². The van der Waals surface area contributed by atoms with Gasteiger partial charge < -0.3 is 14.4 Å². The maximum absolute atomic E-state index is 13.2. The zero-order valence-corrected chi connectivity index (χ0v) is 16.5. The Morgan fingerprint density at radius 3 is 2.79 bits per heavy atom. The number of pyridine rings is 1. The molecule has 0 saturated carbocycles. The zero-order chi connectivity index (χ0) is 20.3. The van der Waals surface area contributed by atoms with Crippen molar-refractivity contribution in [1.82, 2.24) is 4.57 Å². The highest BCUT2D eigenvalue weighted by atomic mass is 32.1. The van der Waals surface area contributed by atoms with Gasteiger partial charge in [0, 0.05) is 11.1 Å². The largest absolute Gasteiger partial charge is 0.458 e. The molecule has 1 aliphatic carbocycles. The molecule has 1 aromatic heterocycles. The molecule has 0 unspecified atom stereocenters. The van der Waals surface area contributed by atoms with E-state index in [0.717, 1.165) is 22.3 Å². The molecule has 1 N–H and O–H groups in total. The second kappa shape index (κ2) is 6.22. The van der Waals surface area contributed by atoms with Crippen LogP contribution < -0.4 is 5.56 Å². The van der Waals surface area contributed by atoms with Gasteiger partial charge in [0.2, 0.25) is 0 Å². The van der Waals surface area contributed by atoms with E-state index in [1.54, 1.807) is 17.6 Å². The number of fused-ring (bicyclic) bond motifs is 5. The molecular weight excluding hydrogens is 386 g/mol. The van der Waals surface area contributed by atoms with Gasteiger partial charge in [-0.1, -0.05) is 43.4 Å². The third kappa shape index (κ3) is 2.47. The van der Waals surface area contributed by atoms with Crippen LogP contribution in [0.3, 0.4) is 0 Å². The molecule has 1 aromatic carbocycles. The van der Waals surface area contributed by atoms with E-state index in [4.69, 9.17) is 17.0 Å². The van der Waals surface area contributed by atoms with Gasteiger partial charge in [0.25, 0.3) is 5.56 Å². The highest BCUT2D eigenvalue weighted by molar-refractivity contribution is 7.81. The Morgan fingerprint density at radius 2 is 2.03 bits per heavy atom. The average Bonchev–Trinajstić information content (AvgIpc) is 2.91. The maximum Gasteiger partial charge on any atom is 0.344 e. The summed E-state index contributed by atoms with van der Waals surface area (Å²) in [7, 11) is 0. The molecule has 3 aliphatic rings. The summed E-state index contributed by atoms with van der Waals surface area (Å²) in [6, 6.07) is 9.78. The fourth-order valence-electron chi connectivity index (χ4n) is 4.08. The van der Waals surface area contributed by atoms with E-state index < -0.39 is 11.6 Å². The number of hydrogen-bond donors (Lipinski definition) is 1. The number of hydrogen-bond acceptors (Lipinski definition) is 5. The van der Waals surface area contributed by atoms with Gasteiger partial charge in [0.1, 0.15) is 6.61 Å². The van der Waals surface area contributed by atoms with Crippen molar-refractivity contribution in [2.24, 2.45) is 0 Å². The van der Waals surface area contributed by atoms with Gasteiger partial charge in [0.05, 0.1) is 22.7 Å². The van der Waals surface area contributed by atoms with Crippen molar-refractivity contribution < 1.29 is 14.6 Å². The van der Waals surface area contributed by atoms with Crippen molar-refractivity contribution in [2.45, 2.75) is 32.1 Å². The van der Waals surface area contributed by atoms with Crippen molar-refractivity contribution in [3.63, 3.8) is 0 Å². The first-order valence-electron chi connectivity index (χ1n) is 9.42. The standard InChI is InChI=1S/C23H17NO4S/c1-2-23(27)20(29)17-10-19-16-8-7-13-5-3-4-6-14(13)9-15(16)11-24(19)21(25)18(17)12-28-22(23)26/h3-7,9-10,27H,2,11-12H2,1H3/t23-/m0/s1. The highest BCUT2D eigenvalue weighted by Crippen LogP contribution is 2.36. The Morgan fingerprint density at radius 1 is 1.28 bits per heavy atom. The summed E-state index contributed by atoms with van der Waals surface area (Å²) in [5, 5.41) is 10.8. The molecule has 0 bridgehead atoms. The van der Waals surface area contributed by atoms with E-state index in [1.165, 1.54) is 0 Å². The minimum absolute atomic E-state index is 0.0388. The number of benzene rings is 1. The number of ether oxygens (including phenoxy) is 1. The summed E-state index contributed by atoms with van der Waals surface area (Å²) in [5.74, 6) is -0.810. The smallest absolute Gasteiger partial charge is 0.344 e. The first-order valence-corrected chi connectivity index (χ1v) is 9.83. The molecule has 0 radical (unpaired) electrons. The van der Waals surface area contributed by atoms with Crippen molar-refractivity contribution >= 4 is 40.8 Å². The van der Waals surface area contributed by atoms with Gasteiger partial charge in [-0.25, -0.2) is 4.79 Å². The third-order valence-corrected chi connectivity index (χ3v) is 6.38. The number of aromatic nitrogens is 1. The molecule has 2 aromatic rings. The van der Waals surface area contributed by atoms with E-state index in [0.29, 0.717) is 23.4 Å². The molecule has 5 nitrogen and oxygen atoms in total. The lowest BCUT2D eigenvalue weighted by molar-refractivity contribution is -0.159. The molecule has 6 heteroatoms. The fraction of sp³-hybridized carbons (Fsp3) is 0.217. The molecule has 5 rings (SSSR count). The molecule has 29 heavy (non-hydrogen) atoms. The molecule has 0 saturated heterocycles. The Bertz CT molecular complexity index is 1280. The summed E-state index contributed by atoms with van der Waals surface area (Å²) in [4.78, 5) is 25.6. The predicted molar refractivity (Wildman–Crippen MR) is 113 cm³/mol. The Labute approximate surface area is 172 Å². The van der Waals surface area contributed by atoms with Crippen LogP contribution in [0.5, 0.6) is 0 Å². The monoisotopic (exact) mass is 403 g/mol. The van der Waals surface area contributed by atoms with E-state index in [1.807, 2.05) is 30.3 Å². The average molecular weight is 403 g/mol. The minimum atomic E-state index is -1.91. The number of esters is 1. The van der Waals surface area contributed by atoms with Crippen LogP contribution >= 0.6 is 12.2 Å². The zero-order valence-electron chi connectivity index (χ0n) is 15.7. The van der Waals surface area contributed by atoms with Gasteiger partial charge >= 0.3 is 5.97 Å². The van der Waals surface area contributed by atoms with Crippen molar-refractivity contribution in [1.29, 1.82) is 0 Å². The summed E-state index contributed by atoms with van der Waals surface area (Å²) < 4.78 is 6.85. The van der Waals surface area contributed by atoms with Crippen LogP contribution in [0.15, 0.2) is 46.4 Å². The first-order chi connectivity index (χ1) is 13.9. The molecule has 0 fully saturated rings. The third-order valence-electron chi connectivity index (χ3n) is 5.82. The molecule has 0 spiro atoms. The van der Waals surface area contributed by atoms with Gasteiger partial charge in [-0.05, 0) is 41.3 Å². The van der Waals surface area contributed by atoms with E-state index in [-0.39, 0.29) is 23.5 Å².